The van der Waals surface area contributed by atoms with Gasteiger partial charge in [0.25, 0.3) is 5.69 Å². The van der Waals surface area contributed by atoms with Crippen molar-refractivity contribution in [2.45, 2.75) is 31.8 Å². The van der Waals surface area contributed by atoms with E-state index in [0.717, 1.165) is 37.9 Å². The van der Waals surface area contributed by atoms with Crippen LogP contribution in [0.1, 0.15) is 24.8 Å². The molecular formula is C16H22ClN3O4. The number of rotatable bonds is 6. The monoisotopic (exact) mass is 355 g/mol. The number of halogens is 1. The van der Waals surface area contributed by atoms with E-state index in [2.05, 4.69) is 4.90 Å². The Kier molecular flexibility index (Phi) is 6.53. The Morgan fingerprint density at radius 2 is 2.21 bits per heavy atom. The van der Waals surface area contributed by atoms with Gasteiger partial charge in [-0.15, -0.1) is 0 Å². The normalized spacial score (nSPS) is 19.2. The third kappa shape index (κ3) is 5.15. The highest BCUT2D eigenvalue weighted by molar-refractivity contribution is 6.31. The van der Waals surface area contributed by atoms with E-state index < -0.39 is 10.9 Å². The number of nitro benzene ring substituents is 1. The summed E-state index contributed by atoms with van der Waals surface area (Å²) in [7, 11) is 1.84. The van der Waals surface area contributed by atoms with E-state index in [1.807, 2.05) is 11.9 Å². The quantitative estimate of drug-likeness (QED) is 0.623. The molecule has 8 heteroatoms. The molecule has 0 amide bonds. The Morgan fingerprint density at radius 1 is 1.46 bits per heavy atom. The maximum atomic E-state index is 10.9. The minimum Gasteiger partial charge on any atom is -0.480 e. The zero-order chi connectivity index (χ0) is 17.7. The summed E-state index contributed by atoms with van der Waals surface area (Å²) in [5.74, 6) is -0.818. The van der Waals surface area contributed by atoms with Crippen molar-refractivity contribution in [1.29, 1.82) is 0 Å². The second-order valence-electron chi connectivity index (χ2n) is 6.20. The summed E-state index contributed by atoms with van der Waals surface area (Å²) in [6.45, 7) is 2.29. The van der Waals surface area contributed by atoms with Crippen molar-refractivity contribution in [3.05, 3.63) is 38.9 Å². The van der Waals surface area contributed by atoms with Gasteiger partial charge in [0.15, 0.2) is 0 Å². The third-order valence-corrected chi connectivity index (χ3v) is 4.80. The van der Waals surface area contributed by atoms with Crippen molar-refractivity contribution in [2.24, 2.45) is 0 Å². The van der Waals surface area contributed by atoms with Crippen molar-refractivity contribution in [2.75, 3.05) is 26.7 Å². The summed E-state index contributed by atoms with van der Waals surface area (Å²) in [4.78, 5) is 25.4. The molecule has 132 valence electrons. The number of nitrogens with zero attached hydrogens (tertiary/aromatic N) is 3. The third-order valence-electron chi connectivity index (χ3n) is 4.43. The molecule has 0 radical (unpaired) electrons. The first-order valence-electron chi connectivity index (χ1n) is 7.94. The lowest BCUT2D eigenvalue weighted by Crippen LogP contribution is -2.36. The van der Waals surface area contributed by atoms with Crippen LogP contribution in [-0.4, -0.2) is 58.5 Å². The van der Waals surface area contributed by atoms with Gasteiger partial charge in [-0.1, -0.05) is 11.6 Å². The molecule has 1 atom stereocenters. The number of hydrogen-bond donors (Lipinski definition) is 1. The molecule has 1 saturated heterocycles. The number of carboxylic acid groups (broad SMARTS) is 1. The highest BCUT2D eigenvalue weighted by atomic mass is 35.5. The van der Waals surface area contributed by atoms with E-state index in [4.69, 9.17) is 16.7 Å². The summed E-state index contributed by atoms with van der Waals surface area (Å²) in [5, 5.41) is 20.4. The molecule has 0 aliphatic carbocycles. The van der Waals surface area contributed by atoms with Crippen molar-refractivity contribution in [3.8, 4) is 0 Å². The van der Waals surface area contributed by atoms with Gasteiger partial charge in [0.2, 0.25) is 0 Å². The Hall–Kier alpha value is -1.70. The molecule has 1 aromatic rings. The van der Waals surface area contributed by atoms with Crippen LogP contribution in [0.2, 0.25) is 5.02 Å². The maximum absolute atomic E-state index is 10.9. The van der Waals surface area contributed by atoms with Gasteiger partial charge in [-0.2, -0.15) is 0 Å². The molecule has 1 aliphatic rings. The van der Waals surface area contributed by atoms with E-state index in [1.54, 1.807) is 6.07 Å². The molecule has 1 N–H and O–H groups in total. The fourth-order valence-corrected chi connectivity index (χ4v) is 3.29. The van der Waals surface area contributed by atoms with Crippen LogP contribution in [0.15, 0.2) is 18.2 Å². The molecule has 1 aliphatic heterocycles. The highest BCUT2D eigenvalue weighted by Crippen LogP contribution is 2.25. The topological polar surface area (TPSA) is 86.9 Å². The molecule has 24 heavy (non-hydrogen) atoms. The lowest BCUT2D eigenvalue weighted by Gasteiger charge is -2.25. The molecule has 1 heterocycles. The van der Waals surface area contributed by atoms with Crippen LogP contribution in [0.5, 0.6) is 0 Å². The van der Waals surface area contributed by atoms with Crippen molar-refractivity contribution in [1.82, 2.24) is 9.80 Å². The minimum atomic E-state index is -0.818. The second kappa shape index (κ2) is 8.41. The number of likely N-dealkylation sites (N-methyl/N-ethyl adjacent to an activating group) is 1. The van der Waals surface area contributed by atoms with Gasteiger partial charge < -0.3 is 5.11 Å². The predicted molar refractivity (Wildman–Crippen MR) is 91.3 cm³/mol. The summed E-state index contributed by atoms with van der Waals surface area (Å²) < 4.78 is 0. The summed E-state index contributed by atoms with van der Waals surface area (Å²) in [5.41, 5.74) is 0.798. The fraction of sp³-hybridized carbons (Fsp3) is 0.562. The van der Waals surface area contributed by atoms with Crippen molar-refractivity contribution in [3.63, 3.8) is 0 Å². The number of likely N-dealkylation sites (tertiary alicyclic amines) is 1. The standard InChI is InChI=1S/C16H22ClN3O4/c1-18(11-16(21)22)13-3-2-7-19(8-6-13)10-12-9-14(20(23)24)4-5-15(12)17/h4-5,9,13H,2-3,6-8,10-11H2,1H3,(H,21,22). The zero-order valence-electron chi connectivity index (χ0n) is 13.7. The van der Waals surface area contributed by atoms with E-state index in [0.29, 0.717) is 11.6 Å². The first kappa shape index (κ1) is 18.6. The number of benzene rings is 1. The number of carboxylic acids is 1. The number of non-ortho nitro benzene ring substituents is 1. The van der Waals surface area contributed by atoms with Gasteiger partial charge in [-0.05, 0) is 51.0 Å². The second-order valence-corrected chi connectivity index (χ2v) is 6.61. The molecule has 1 unspecified atom stereocenters. The SMILES string of the molecule is CN(CC(=O)O)C1CCCN(Cc2cc([N+](=O)[O-])ccc2Cl)CC1. The lowest BCUT2D eigenvalue weighted by molar-refractivity contribution is -0.384. The van der Waals surface area contributed by atoms with E-state index in [1.165, 1.54) is 12.1 Å². The number of hydrogen-bond acceptors (Lipinski definition) is 5. The molecule has 1 fully saturated rings. The maximum Gasteiger partial charge on any atom is 0.317 e. The van der Waals surface area contributed by atoms with Gasteiger partial charge >= 0.3 is 5.97 Å². The smallest absolute Gasteiger partial charge is 0.317 e. The van der Waals surface area contributed by atoms with Crippen LogP contribution in [0, 0.1) is 10.1 Å². The van der Waals surface area contributed by atoms with Crippen LogP contribution in [0.3, 0.4) is 0 Å². The van der Waals surface area contributed by atoms with Crippen molar-refractivity contribution >= 4 is 23.3 Å². The van der Waals surface area contributed by atoms with Crippen LogP contribution < -0.4 is 0 Å². The molecule has 0 aromatic heterocycles. The van der Waals surface area contributed by atoms with Gasteiger partial charge in [-0.3, -0.25) is 24.7 Å². The Labute approximate surface area is 146 Å². The van der Waals surface area contributed by atoms with E-state index >= 15 is 0 Å². The molecule has 2 rings (SSSR count). The van der Waals surface area contributed by atoms with Gasteiger partial charge in [0, 0.05) is 29.7 Å². The predicted octanol–water partition coefficient (Wildman–Crippen LogP) is 2.62. The van der Waals surface area contributed by atoms with Crippen LogP contribution in [-0.2, 0) is 11.3 Å². The summed E-state index contributed by atoms with van der Waals surface area (Å²) in [6, 6.07) is 4.74. The number of aliphatic carboxylic acids is 1. The van der Waals surface area contributed by atoms with Crippen LogP contribution in [0.4, 0.5) is 5.69 Å². The molecular weight excluding hydrogens is 334 g/mol. The minimum absolute atomic E-state index is 0.0430. The van der Waals surface area contributed by atoms with E-state index in [9.17, 15) is 14.9 Å². The number of nitro groups is 1. The largest absolute Gasteiger partial charge is 0.480 e. The van der Waals surface area contributed by atoms with Crippen molar-refractivity contribution < 1.29 is 14.8 Å². The zero-order valence-corrected chi connectivity index (χ0v) is 14.4. The Bertz CT molecular complexity index is 611. The van der Waals surface area contributed by atoms with E-state index in [-0.39, 0.29) is 18.3 Å². The van der Waals surface area contributed by atoms with Gasteiger partial charge in [-0.25, -0.2) is 0 Å². The molecule has 7 nitrogen and oxygen atoms in total. The van der Waals surface area contributed by atoms with Gasteiger partial charge in [0.1, 0.15) is 0 Å². The van der Waals surface area contributed by atoms with Crippen LogP contribution >= 0.6 is 11.6 Å². The Morgan fingerprint density at radius 3 is 2.88 bits per heavy atom. The summed E-state index contributed by atoms with van der Waals surface area (Å²) >= 11 is 6.17. The highest BCUT2D eigenvalue weighted by Gasteiger charge is 2.22. The lowest BCUT2D eigenvalue weighted by atomic mass is 10.1. The first-order chi connectivity index (χ1) is 11.4. The number of carbonyl (C=O) groups is 1. The summed E-state index contributed by atoms with van der Waals surface area (Å²) in [6.07, 6.45) is 2.78. The molecule has 0 bridgehead atoms. The molecule has 1 aromatic carbocycles. The molecule has 0 saturated carbocycles. The van der Waals surface area contributed by atoms with Crippen LogP contribution in [0.25, 0.3) is 0 Å². The first-order valence-corrected chi connectivity index (χ1v) is 8.32. The van der Waals surface area contributed by atoms with Gasteiger partial charge in [0.05, 0.1) is 11.5 Å². The molecule has 0 spiro atoms. The average Bonchev–Trinajstić information content (AvgIpc) is 2.74. The average molecular weight is 356 g/mol. The Balaban J connectivity index is 1.98. The fourth-order valence-electron chi connectivity index (χ4n) is 3.12.